The number of ether oxygens (including phenoxy) is 2. The van der Waals surface area contributed by atoms with E-state index in [4.69, 9.17) is 15.2 Å². The molecule has 3 rings (SSSR count). The van der Waals surface area contributed by atoms with Gasteiger partial charge in [-0.25, -0.2) is 0 Å². The van der Waals surface area contributed by atoms with Crippen LogP contribution in [0.5, 0.6) is 5.75 Å². The van der Waals surface area contributed by atoms with Crippen LogP contribution in [-0.4, -0.2) is 30.8 Å². The quantitative estimate of drug-likeness (QED) is 0.664. The Balaban J connectivity index is 1.58. The first-order chi connectivity index (χ1) is 10.5. The first kappa shape index (κ1) is 15.2. The third kappa shape index (κ3) is 3.53. The molecule has 22 heavy (non-hydrogen) atoms. The molecule has 2 aliphatic heterocycles. The summed E-state index contributed by atoms with van der Waals surface area (Å²) >= 11 is 0. The maximum atomic E-state index is 6.05. The molecule has 1 aromatic rings. The molecule has 2 aliphatic rings. The van der Waals surface area contributed by atoms with Crippen molar-refractivity contribution in [1.82, 2.24) is 5.32 Å². The van der Waals surface area contributed by atoms with Crippen LogP contribution in [0.1, 0.15) is 44.7 Å². The van der Waals surface area contributed by atoms with Crippen molar-refractivity contribution in [2.75, 3.05) is 13.2 Å². The molecule has 2 atom stereocenters. The molecular formula is C17H25N3O2. The fourth-order valence-corrected chi connectivity index (χ4v) is 3.12. The van der Waals surface area contributed by atoms with E-state index in [9.17, 15) is 0 Å². The van der Waals surface area contributed by atoms with Gasteiger partial charge < -0.3 is 20.5 Å². The smallest absolute Gasteiger partial charge is 0.189 e. The van der Waals surface area contributed by atoms with Crippen LogP contribution in [-0.2, 0) is 4.74 Å². The molecule has 2 heterocycles. The summed E-state index contributed by atoms with van der Waals surface area (Å²) in [4.78, 5) is 4.46. The fraction of sp³-hybridized carbons (Fsp3) is 0.588. The maximum Gasteiger partial charge on any atom is 0.189 e. The van der Waals surface area contributed by atoms with Crippen LogP contribution in [0.3, 0.4) is 0 Å². The van der Waals surface area contributed by atoms with Crippen LogP contribution in [0.25, 0.3) is 0 Å². The van der Waals surface area contributed by atoms with Crippen molar-refractivity contribution in [3.63, 3.8) is 0 Å². The van der Waals surface area contributed by atoms with Crippen LogP contribution in [0.2, 0.25) is 0 Å². The van der Waals surface area contributed by atoms with Crippen molar-refractivity contribution in [2.24, 2.45) is 10.7 Å². The number of nitrogens with one attached hydrogen (secondary N) is 1. The second kappa shape index (κ2) is 6.16. The van der Waals surface area contributed by atoms with Crippen molar-refractivity contribution in [2.45, 2.75) is 50.9 Å². The Morgan fingerprint density at radius 1 is 1.36 bits per heavy atom. The molecule has 3 N–H and O–H groups in total. The summed E-state index contributed by atoms with van der Waals surface area (Å²) in [5.74, 6) is 1.41. The van der Waals surface area contributed by atoms with Gasteiger partial charge in [-0.05, 0) is 32.8 Å². The molecule has 5 nitrogen and oxygen atoms in total. The van der Waals surface area contributed by atoms with Crippen LogP contribution in [0.4, 0.5) is 0 Å². The highest BCUT2D eigenvalue weighted by Crippen LogP contribution is 2.31. The van der Waals surface area contributed by atoms with E-state index in [-0.39, 0.29) is 17.7 Å². The first-order valence-electron chi connectivity index (χ1n) is 7.99. The van der Waals surface area contributed by atoms with Crippen LogP contribution in [0.15, 0.2) is 29.3 Å². The van der Waals surface area contributed by atoms with E-state index in [0.717, 1.165) is 30.6 Å². The predicted molar refractivity (Wildman–Crippen MR) is 87.1 cm³/mol. The average molecular weight is 303 g/mol. The van der Waals surface area contributed by atoms with Gasteiger partial charge in [0.15, 0.2) is 5.96 Å². The molecule has 0 saturated carbocycles. The van der Waals surface area contributed by atoms with Gasteiger partial charge in [-0.15, -0.1) is 0 Å². The Kier molecular flexibility index (Phi) is 4.25. The number of fused-ring (bicyclic) bond motifs is 1. The van der Waals surface area contributed by atoms with Gasteiger partial charge in [0.25, 0.3) is 0 Å². The summed E-state index contributed by atoms with van der Waals surface area (Å²) < 4.78 is 11.6. The topological polar surface area (TPSA) is 68.9 Å². The minimum atomic E-state index is -0.0258. The Hall–Kier alpha value is -1.75. The Morgan fingerprint density at radius 2 is 2.18 bits per heavy atom. The lowest BCUT2D eigenvalue weighted by molar-refractivity contribution is -0.0106. The van der Waals surface area contributed by atoms with Gasteiger partial charge in [-0.3, -0.25) is 4.99 Å². The molecule has 0 bridgehead atoms. The molecule has 1 fully saturated rings. The molecule has 2 unspecified atom stereocenters. The highest BCUT2D eigenvalue weighted by molar-refractivity contribution is 5.78. The summed E-state index contributed by atoms with van der Waals surface area (Å²) in [6, 6.07) is 8.23. The zero-order chi connectivity index (χ0) is 15.6. The molecule has 1 aromatic carbocycles. The van der Waals surface area contributed by atoms with Crippen molar-refractivity contribution in [3.8, 4) is 5.75 Å². The molecule has 0 amide bonds. The predicted octanol–water partition coefficient (Wildman–Crippen LogP) is 2.37. The summed E-state index contributed by atoms with van der Waals surface area (Å²) in [5.41, 5.74) is 7.17. The largest absolute Gasteiger partial charge is 0.493 e. The van der Waals surface area contributed by atoms with Gasteiger partial charge in [0, 0.05) is 12.0 Å². The molecule has 0 radical (unpaired) electrons. The van der Waals surface area contributed by atoms with Crippen molar-refractivity contribution in [1.29, 1.82) is 0 Å². The molecule has 0 aliphatic carbocycles. The second-order valence-corrected chi connectivity index (χ2v) is 6.64. The maximum absolute atomic E-state index is 6.05. The van der Waals surface area contributed by atoms with E-state index in [1.807, 2.05) is 18.2 Å². The Labute approximate surface area is 131 Å². The monoisotopic (exact) mass is 303 g/mol. The van der Waals surface area contributed by atoms with Gasteiger partial charge in [0.05, 0.1) is 30.9 Å². The highest BCUT2D eigenvalue weighted by atomic mass is 16.5. The lowest BCUT2D eigenvalue weighted by Gasteiger charge is -2.27. The number of nitrogens with zero attached hydrogens (tertiary/aromatic N) is 1. The van der Waals surface area contributed by atoms with E-state index in [0.29, 0.717) is 19.1 Å². The summed E-state index contributed by atoms with van der Waals surface area (Å²) in [7, 11) is 0. The number of rotatable bonds is 3. The number of nitrogens with two attached hydrogens (primary N) is 1. The number of para-hydroxylation sites is 1. The summed E-state index contributed by atoms with van der Waals surface area (Å²) in [5, 5.41) is 3.31. The summed E-state index contributed by atoms with van der Waals surface area (Å²) in [6.07, 6.45) is 3.19. The SMILES string of the molecule is CC1(C)CCC(CN=C(N)NC2CCOc3ccccc32)O1. The normalized spacial score (nSPS) is 27.1. The molecule has 0 spiro atoms. The van der Waals surface area contributed by atoms with Crippen LogP contribution < -0.4 is 15.8 Å². The molecule has 5 heteroatoms. The third-order valence-electron chi connectivity index (χ3n) is 4.30. The second-order valence-electron chi connectivity index (χ2n) is 6.64. The van der Waals surface area contributed by atoms with E-state index in [2.05, 4.69) is 30.2 Å². The molecule has 120 valence electrons. The number of hydrogen-bond donors (Lipinski definition) is 2. The minimum Gasteiger partial charge on any atom is -0.493 e. The number of benzene rings is 1. The zero-order valence-electron chi connectivity index (χ0n) is 13.3. The van der Waals surface area contributed by atoms with Crippen molar-refractivity contribution < 1.29 is 9.47 Å². The number of aliphatic imine (C=N–C) groups is 1. The average Bonchev–Trinajstić information content (AvgIpc) is 2.85. The van der Waals surface area contributed by atoms with Crippen LogP contribution >= 0.6 is 0 Å². The number of guanidine groups is 1. The molecule has 1 saturated heterocycles. The lowest BCUT2D eigenvalue weighted by Crippen LogP contribution is -2.38. The van der Waals surface area contributed by atoms with Gasteiger partial charge in [0.1, 0.15) is 5.75 Å². The first-order valence-corrected chi connectivity index (χ1v) is 7.99. The van der Waals surface area contributed by atoms with E-state index in [1.54, 1.807) is 0 Å². The van der Waals surface area contributed by atoms with Gasteiger partial charge >= 0.3 is 0 Å². The van der Waals surface area contributed by atoms with Crippen molar-refractivity contribution >= 4 is 5.96 Å². The summed E-state index contributed by atoms with van der Waals surface area (Å²) in [6.45, 7) is 5.56. The Bertz CT molecular complexity index is 557. The van der Waals surface area contributed by atoms with E-state index >= 15 is 0 Å². The third-order valence-corrected chi connectivity index (χ3v) is 4.30. The number of hydrogen-bond acceptors (Lipinski definition) is 3. The van der Waals surface area contributed by atoms with Gasteiger partial charge in [-0.2, -0.15) is 0 Å². The van der Waals surface area contributed by atoms with Gasteiger partial charge in [0.2, 0.25) is 0 Å². The molecular weight excluding hydrogens is 278 g/mol. The van der Waals surface area contributed by atoms with E-state index in [1.165, 1.54) is 0 Å². The Morgan fingerprint density at radius 3 is 2.95 bits per heavy atom. The minimum absolute atomic E-state index is 0.0258. The molecule has 0 aromatic heterocycles. The zero-order valence-corrected chi connectivity index (χ0v) is 13.3. The lowest BCUT2D eigenvalue weighted by atomic mass is 10.0. The van der Waals surface area contributed by atoms with Crippen molar-refractivity contribution in [3.05, 3.63) is 29.8 Å². The van der Waals surface area contributed by atoms with Gasteiger partial charge in [-0.1, -0.05) is 18.2 Å². The fourth-order valence-electron chi connectivity index (χ4n) is 3.12. The standard InChI is InChI=1S/C17H25N3O2/c1-17(2)9-7-12(22-17)11-19-16(18)20-14-8-10-21-15-6-4-3-5-13(14)15/h3-6,12,14H,7-11H2,1-2H3,(H3,18,19,20). The highest BCUT2D eigenvalue weighted by Gasteiger charge is 2.31. The van der Waals surface area contributed by atoms with E-state index < -0.39 is 0 Å². The van der Waals surface area contributed by atoms with Crippen LogP contribution in [0, 0.1) is 0 Å².